The van der Waals surface area contributed by atoms with E-state index < -0.39 is 15.9 Å². The Morgan fingerprint density at radius 3 is 2.27 bits per heavy atom. The van der Waals surface area contributed by atoms with Crippen LogP contribution >= 0.6 is 0 Å². The normalized spacial score (nSPS) is 23.5. The van der Waals surface area contributed by atoms with Gasteiger partial charge in [0.1, 0.15) is 0 Å². The second-order valence-corrected chi connectivity index (χ2v) is 9.29. The highest BCUT2D eigenvalue weighted by atomic mass is 32.2. The van der Waals surface area contributed by atoms with Crippen LogP contribution in [0.4, 0.5) is 5.69 Å². The maximum atomic E-state index is 12.8. The minimum atomic E-state index is -3.86. The first-order valence-electron chi connectivity index (χ1n) is 9.04. The zero-order valence-electron chi connectivity index (χ0n) is 15.8. The van der Waals surface area contributed by atoms with Gasteiger partial charge in [-0.1, -0.05) is 27.2 Å². The van der Waals surface area contributed by atoms with Gasteiger partial charge < -0.3 is 5.32 Å². The molecule has 0 radical (unpaired) electrons. The molecule has 0 saturated heterocycles. The fourth-order valence-corrected chi connectivity index (χ4v) is 4.69. The Morgan fingerprint density at radius 2 is 1.73 bits per heavy atom. The molecule has 1 aliphatic rings. The molecule has 1 saturated carbocycles. The maximum Gasteiger partial charge on any atom is 0.264 e. The summed E-state index contributed by atoms with van der Waals surface area (Å²) in [5.41, 5.74) is 0.553. The van der Waals surface area contributed by atoms with Crippen LogP contribution in [0.3, 0.4) is 0 Å². The number of benzene rings is 1. The van der Waals surface area contributed by atoms with Crippen LogP contribution < -0.4 is 10.0 Å². The first kappa shape index (κ1) is 20.4. The number of rotatable bonds is 5. The molecule has 7 heteroatoms. The molecule has 2 N–H and O–H groups in total. The molecule has 2 rings (SSSR count). The van der Waals surface area contributed by atoms with Gasteiger partial charge >= 0.3 is 0 Å². The Hall–Kier alpha value is -1.89. The first-order valence-corrected chi connectivity index (χ1v) is 10.5. The summed E-state index contributed by atoms with van der Waals surface area (Å²) in [7, 11) is -3.86. The third kappa shape index (κ3) is 5.06. The smallest absolute Gasteiger partial charge is 0.264 e. The number of anilines is 1. The molecule has 0 unspecified atom stereocenters. The van der Waals surface area contributed by atoms with E-state index in [0.29, 0.717) is 23.4 Å². The standard InChI is InChI=1S/C19H28N2O4S/c1-12(2)17-10-5-13(3)11-18(17)19(23)20-15-6-8-16(9-7-15)26(24,25)21-14(4)22/h6-9,12-13,17-18H,5,10-11H2,1-4H3,(H,20,23)(H,21,22)/t13-,17+,18-/m0/s1. The monoisotopic (exact) mass is 380 g/mol. The summed E-state index contributed by atoms with van der Waals surface area (Å²) in [6.45, 7) is 7.63. The van der Waals surface area contributed by atoms with Crippen LogP contribution in [-0.4, -0.2) is 20.2 Å². The van der Waals surface area contributed by atoms with Gasteiger partial charge in [0.05, 0.1) is 4.90 Å². The van der Waals surface area contributed by atoms with Crippen molar-refractivity contribution in [2.45, 2.75) is 51.9 Å². The Balaban J connectivity index is 2.10. The summed E-state index contributed by atoms with van der Waals surface area (Å²) in [6, 6.07) is 5.85. The van der Waals surface area contributed by atoms with Gasteiger partial charge in [0.25, 0.3) is 10.0 Å². The van der Waals surface area contributed by atoms with Crippen molar-refractivity contribution in [2.24, 2.45) is 23.7 Å². The molecular weight excluding hydrogens is 352 g/mol. The zero-order chi connectivity index (χ0) is 19.5. The number of sulfonamides is 1. The largest absolute Gasteiger partial charge is 0.326 e. The fraction of sp³-hybridized carbons (Fsp3) is 0.579. The summed E-state index contributed by atoms with van der Waals surface area (Å²) in [5.74, 6) is 0.669. The number of carbonyl (C=O) groups excluding carboxylic acids is 2. The fourth-order valence-electron chi connectivity index (χ4n) is 3.70. The first-order chi connectivity index (χ1) is 12.1. The number of amides is 2. The van der Waals surface area contributed by atoms with Crippen LogP contribution in [0.25, 0.3) is 0 Å². The van der Waals surface area contributed by atoms with Crippen molar-refractivity contribution in [3.63, 3.8) is 0 Å². The van der Waals surface area contributed by atoms with Crippen LogP contribution in [0.15, 0.2) is 29.2 Å². The third-order valence-corrected chi connectivity index (χ3v) is 6.52. The Morgan fingerprint density at radius 1 is 1.12 bits per heavy atom. The second-order valence-electron chi connectivity index (χ2n) is 7.61. The molecular formula is C19H28N2O4S. The number of hydrogen-bond donors (Lipinski definition) is 2. The third-order valence-electron chi connectivity index (χ3n) is 5.07. The van der Waals surface area contributed by atoms with E-state index in [1.807, 2.05) is 4.72 Å². The van der Waals surface area contributed by atoms with Gasteiger partial charge in [-0.25, -0.2) is 13.1 Å². The summed E-state index contributed by atoms with van der Waals surface area (Å²) in [4.78, 5) is 23.7. The summed E-state index contributed by atoms with van der Waals surface area (Å²) in [6.07, 6.45) is 3.09. The molecule has 0 heterocycles. The molecule has 3 atom stereocenters. The van der Waals surface area contributed by atoms with E-state index in [2.05, 4.69) is 26.1 Å². The molecule has 1 aliphatic carbocycles. The highest BCUT2D eigenvalue weighted by molar-refractivity contribution is 7.90. The van der Waals surface area contributed by atoms with Crippen molar-refractivity contribution >= 4 is 27.5 Å². The molecule has 0 spiro atoms. The predicted octanol–water partition coefficient (Wildman–Crippen LogP) is 3.16. The molecule has 1 aromatic carbocycles. The maximum absolute atomic E-state index is 12.8. The zero-order valence-corrected chi connectivity index (χ0v) is 16.6. The highest BCUT2D eigenvalue weighted by Crippen LogP contribution is 2.38. The number of hydrogen-bond acceptors (Lipinski definition) is 4. The van der Waals surface area contributed by atoms with Crippen LogP contribution in [0.5, 0.6) is 0 Å². The second kappa shape index (κ2) is 8.20. The Kier molecular flexibility index (Phi) is 6.44. The van der Waals surface area contributed by atoms with Gasteiger partial charge in [0.15, 0.2) is 0 Å². The van der Waals surface area contributed by atoms with Gasteiger partial charge in [-0.05, 0) is 54.9 Å². The van der Waals surface area contributed by atoms with Gasteiger partial charge in [0.2, 0.25) is 11.8 Å². The van der Waals surface area contributed by atoms with Gasteiger partial charge in [-0.15, -0.1) is 0 Å². The molecule has 2 amide bonds. The van der Waals surface area contributed by atoms with Crippen molar-refractivity contribution in [3.8, 4) is 0 Å². The van der Waals surface area contributed by atoms with Crippen LogP contribution in [0, 0.1) is 23.7 Å². The Labute approximate surface area is 155 Å². The minimum Gasteiger partial charge on any atom is -0.326 e. The van der Waals surface area contributed by atoms with Gasteiger partial charge in [-0.3, -0.25) is 9.59 Å². The van der Waals surface area contributed by atoms with Crippen LogP contribution in [-0.2, 0) is 19.6 Å². The van der Waals surface area contributed by atoms with Crippen molar-refractivity contribution in [2.75, 3.05) is 5.32 Å². The van der Waals surface area contributed by atoms with E-state index in [1.54, 1.807) is 12.1 Å². The van der Waals surface area contributed by atoms with E-state index in [1.165, 1.54) is 12.1 Å². The van der Waals surface area contributed by atoms with Crippen molar-refractivity contribution in [3.05, 3.63) is 24.3 Å². The van der Waals surface area contributed by atoms with E-state index >= 15 is 0 Å². The van der Waals surface area contributed by atoms with E-state index in [0.717, 1.165) is 26.2 Å². The number of carbonyl (C=O) groups is 2. The van der Waals surface area contributed by atoms with Gasteiger partial charge in [-0.2, -0.15) is 0 Å². The van der Waals surface area contributed by atoms with E-state index in [-0.39, 0.29) is 16.7 Å². The van der Waals surface area contributed by atoms with Crippen molar-refractivity contribution in [1.29, 1.82) is 0 Å². The average molecular weight is 381 g/mol. The topological polar surface area (TPSA) is 92.3 Å². The van der Waals surface area contributed by atoms with E-state index in [4.69, 9.17) is 0 Å². The lowest BCUT2D eigenvalue weighted by molar-refractivity contribution is -0.124. The SMILES string of the molecule is CC(=O)NS(=O)(=O)c1ccc(NC(=O)[C@H]2C[C@@H](C)CC[C@@H]2C(C)C)cc1. The highest BCUT2D eigenvalue weighted by Gasteiger charge is 2.35. The minimum absolute atomic E-state index is 0.00674. The van der Waals surface area contributed by atoms with Crippen LogP contribution in [0.2, 0.25) is 0 Å². The Bertz CT molecular complexity index is 756. The van der Waals surface area contributed by atoms with Crippen molar-refractivity contribution < 1.29 is 18.0 Å². The lowest BCUT2D eigenvalue weighted by atomic mass is 9.70. The molecule has 1 aromatic rings. The molecule has 26 heavy (non-hydrogen) atoms. The summed E-state index contributed by atoms with van der Waals surface area (Å²) >= 11 is 0. The average Bonchev–Trinajstić information content (AvgIpc) is 2.53. The molecule has 1 fully saturated rings. The predicted molar refractivity (Wildman–Crippen MR) is 101 cm³/mol. The van der Waals surface area contributed by atoms with Crippen molar-refractivity contribution in [1.82, 2.24) is 4.72 Å². The lowest BCUT2D eigenvalue weighted by Crippen LogP contribution is -2.36. The molecule has 144 valence electrons. The number of nitrogens with one attached hydrogen (secondary N) is 2. The molecule has 0 bridgehead atoms. The van der Waals surface area contributed by atoms with Crippen LogP contribution in [0.1, 0.15) is 47.0 Å². The van der Waals surface area contributed by atoms with E-state index in [9.17, 15) is 18.0 Å². The summed E-state index contributed by atoms with van der Waals surface area (Å²) < 4.78 is 25.8. The molecule has 0 aliphatic heterocycles. The molecule has 6 nitrogen and oxygen atoms in total. The van der Waals surface area contributed by atoms with Gasteiger partial charge in [0, 0.05) is 18.5 Å². The molecule has 0 aromatic heterocycles. The lowest BCUT2D eigenvalue weighted by Gasteiger charge is -2.36. The summed E-state index contributed by atoms with van der Waals surface area (Å²) in [5, 5.41) is 2.92. The quantitative estimate of drug-likeness (QED) is 0.821.